The molecule has 6 heteroatoms. The number of carbonyl (C=O) groups is 1. The predicted molar refractivity (Wildman–Crippen MR) is 103 cm³/mol. The molecule has 0 aliphatic rings. The summed E-state index contributed by atoms with van der Waals surface area (Å²) in [4.78, 5) is 13.6. The molecule has 2 aromatic rings. The summed E-state index contributed by atoms with van der Waals surface area (Å²) in [5, 5.41) is 0. The number of nitrogen functional groups attached to an aromatic ring is 1. The van der Waals surface area contributed by atoms with Gasteiger partial charge in [0.1, 0.15) is 23.7 Å². The lowest BCUT2D eigenvalue weighted by Gasteiger charge is -2.25. The molecule has 26 heavy (non-hydrogen) atoms. The minimum absolute atomic E-state index is 0.392. The van der Waals surface area contributed by atoms with E-state index in [1.807, 2.05) is 45.0 Å². The molecule has 140 valence electrons. The summed E-state index contributed by atoms with van der Waals surface area (Å²) in [7, 11) is 3.25. The van der Waals surface area contributed by atoms with E-state index in [0.717, 1.165) is 11.3 Å². The van der Waals surface area contributed by atoms with Crippen molar-refractivity contribution in [2.45, 2.75) is 33.0 Å². The van der Waals surface area contributed by atoms with Gasteiger partial charge in [-0.1, -0.05) is 12.1 Å². The fraction of sp³-hybridized carbons (Fsp3) is 0.350. The van der Waals surface area contributed by atoms with Crippen LogP contribution in [0.5, 0.6) is 11.5 Å². The molecule has 0 spiro atoms. The molecule has 0 unspecified atom stereocenters. The van der Waals surface area contributed by atoms with Crippen molar-refractivity contribution in [1.82, 2.24) is 0 Å². The first-order chi connectivity index (χ1) is 12.2. The Bertz CT molecular complexity index is 751. The molecule has 2 rings (SSSR count). The third kappa shape index (κ3) is 5.31. The summed E-state index contributed by atoms with van der Waals surface area (Å²) in [5.74, 6) is 1.41. The van der Waals surface area contributed by atoms with Crippen LogP contribution in [0.15, 0.2) is 42.5 Å². The first kappa shape index (κ1) is 19.4. The molecule has 2 N–H and O–H groups in total. The number of carbonyl (C=O) groups excluding carboxylic acids is 1. The quantitative estimate of drug-likeness (QED) is 0.810. The van der Waals surface area contributed by atoms with E-state index in [1.165, 1.54) is 4.90 Å². The van der Waals surface area contributed by atoms with E-state index in [4.69, 9.17) is 19.9 Å². The number of rotatable bonds is 5. The van der Waals surface area contributed by atoms with Crippen molar-refractivity contribution in [2.24, 2.45) is 0 Å². The fourth-order valence-corrected chi connectivity index (χ4v) is 2.22. The van der Waals surface area contributed by atoms with Gasteiger partial charge in [0, 0.05) is 13.1 Å². The Balaban J connectivity index is 2.09. The van der Waals surface area contributed by atoms with Gasteiger partial charge < -0.3 is 19.9 Å². The molecule has 0 bridgehead atoms. The number of nitrogens with two attached hydrogens (primary N) is 1. The van der Waals surface area contributed by atoms with Crippen LogP contribution in [-0.2, 0) is 11.3 Å². The van der Waals surface area contributed by atoms with Crippen LogP contribution in [-0.4, -0.2) is 25.9 Å². The highest BCUT2D eigenvalue weighted by molar-refractivity contribution is 5.91. The SMILES string of the molecule is COc1ccc(COc2ccc(N)c(N(C)C(=O)OC(C)(C)C)c2)cc1. The lowest BCUT2D eigenvalue weighted by Crippen LogP contribution is -2.34. The highest BCUT2D eigenvalue weighted by Gasteiger charge is 2.22. The van der Waals surface area contributed by atoms with Gasteiger partial charge in [-0.2, -0.15) is 0 Å². The second kappa shape index (κ2) is 7.99. The maximum absolute atomic E-state index is 12.3. The molecular weight excluding hydrogens is 332 g/mol. The summed E-state index contributed by atoms with van der Waals surface area (Å²) in [6.07, 6.45) is -0.475. The number of nitrogens with zero attached hydrogens (tertiary/aromatic N) is 1. The van der Waals surface area contributed by atoms with Gasteiger partial charge in [0.25, 0.3) is 0 Å². The predicted octanol–water partition coefficient (Wildman–Crippen LogP) is 4.23. The van der Waals surface area contributed by atoms with Crippen LogP contribution in [0.1, 0.15) is 26.3 Å². The van der Waals surface area contributed by atoms with Gasteiger partial charge in [-0.05, 0) is 50.6 Å². The highest BCUT2D eigenvalue weighted by atomic mass is 16.6. The number of hydrogen-bond acceptors (Lipinski definition) is 5. The first-order valence-corrected chi connectivity index (χ1v) is 8.31. The van der Waals surface area contributed by atoms with Gasteiger partial charge in [-0.25, -0.2) is 4.79 Å². The monoisotopic (exact) mass is 358 g/mol. The van der Waals surface area contributed by atoms with Crippen LogP contribution in [0.25, 0.3) is 0 Å². The van der Waals surface area contributed by atoms with Gasteiger partial charge in [0.2, 0.25) is 0 Å². The molecule has 0 heterocycles. The Morgan fingerprint density at radius 3 is 2.27 bits per heavy atom. The van der Waals surface area contributed by atoms with Crippen LogP contribution in [0.3, 0.4) is 0 Å². The molecule has 6 nitrogen and oxygen atoms in total. The summed E-state index contributed by atoms with van der Waals surface area (Å²) >= 11 is 0. The molecular formula is C20H26N2O4. The lowest BCUT2D eigenvalue weighted by molar-refractivity contribution is 0.0589. The number of hydrogen-bond donors (Lipinski definition) is 1. The number of methoxy groups -OCH3 is 1. The van der Waals surface area contributed by atoms with Gasteiger partial charge in [-0.15, -0.1) is 0 Å². The average molecular weight is 358 g/mol. The minimum atomic E-state index is -0.581. The Labute approximate surface area is 154 Å². The molecule has 0 aromatic heterocycles. The third-order valence-corrected chi connectivity index (χ3v) is 3.60. The van der Waals surface area contributed by atoms with E-state index in [9.17, 15) is 4.79 Å². The van der Waals surface area contributed by atoms with Crippen LogP contribution in [0.2, 0.25) is 0 Å². The number of amides is 1. The summed E-state index contributed by atoms with van der Waals surface area (Å²) in [5.41, 5.74) is 7.44. The van der Waals surface area contributed by atoms with Gasteiger partial charge >= 0.3 is 6.09 Å². The van der Waals surface area contributed by atoms with Crippen LogP contribution in [0.4, 0.5) is 16.2 Å². The summed E-state index contributed by atoms with van der Waals surface area (Å²) in [6.45, 7) is 5.84. The topological polar surface area (TPSA) is 74.0 Å². The molecule has 0 radical (unpaired) electrons. The van der Waals surface area contributed by atoms with Crippen LogP contribution >= 0.6 is 0 Å². The second-order valence-corrected chi connectivity index (χ2v) is 6.90. The molecule has 0 fully saturated rings. The van der Waals surface area contributed by atoms with Gasteiger partial charge in [-0.3, -0.25) is 4.90 Å². The van der Waals surface area contributed by atoms with Crippen molar-refractivity contribution in [1.29, 1.82) is 0 Å². The molecule has 2 aromatic carbocycles. The molecule has 0 saturated heterocycles. The molecule has 0 aliphatic carbocycles. The van der Waals surface area contributed by atoms with Crippen molar-refractivity contribution in [2.75, 3.05) is 24.8 Å². The lowest BCUT2D eigenvalue weighted by atomic mass is 10.2. The Morgan fingerprint density at radius 1 is 1.08 bits per heavy atom. The van der Waals surface area contributed by atoms with E-state index in [1.54, 1.807) is 32.4 Å². The minimum Gasteiger partial charge on any atom is -0.497 e. The van der Waals surface area contributed by atoms with Crippen LogP contribution in [0, 0.1) is 0 Å². The summed E-state index contributed by atoms with van der Waals surface area (Å²) in [6, 6.07) is 12.8. The number of benzene rings is 2. The van der Waals surface area contributed by atoms with E-state index < -0.39 is 11.7 Å². The highest BCUT2D eigenvalue weighted by Crippen LogP contribution is 2.29. The molecule has 0 saturated carbocycles. The van der Waals surface area contributed by atoms with Crippen molar-refractivity contribution in [3.8, 4) is 11.5 Å². The zero-order chi connectivity index (χ0) is 19.3. The standard InChI is InChI=1S/C20H26N2O4/c1-20(2,3)26-19(23)22(4)18-12-16(10-11-17(18)21)25-13-14-6-8-15(24-5)9-7-14/h6-12H,13,21H2,1-5H3. The number of ether oxygens (including phenoxy) is 3. The molecule has 1 amide bonds. The third-order valence-electron chi connectivity index (χ3n) is 3.60. The van der Waals surface area contributed by atoms with Crippen molar-refractivity contribution in [3.05, 3.63) is 48.0 Å². The van der Waals surface area contributed by atoms with Crippen molar-refractivity contribution < 1.29 is 19.0 Å². The zero-order valence-electron chi connectivity index (χ0n) is 15.9. The normalized spacial score (nSPS) is 11.0. The van der Waals surface area contributed by atoms with Crippen molar-refractivity contribution in [3.63, 3.8) is 0 Å². The Morgan fingerprint density at radius 2 is 1.69 bits per heavy atom. The van der Waals surface area contributed by atoms with Crippen LogP contribution < -0.4 is 20.1 Å². The number of anilines is 2. The molecule has 0 atom stereocenters. The Kier molecular flexibility index (Phi) is 5.97. The fourth-order valence-electron chi connectivity index (χ4n) is 2.22. The Hall–Kier alpha value is -2.89. The van der Waals surface area contributed by atoms with E-state index >= 15 is 0 Å². The molecule has 0 aliphatic heterocycles. The maximum Gasteiger partial charge on any atom is 0.414 e. The zero-order valence-corrected chi connectivity index (χ0v) is 15.9. The largest absolute Gasteiger partial charge is 0.497 e. The van der Waals surface area contributed by atoms with Gasteiger partial charge in [0.15, 0.2) is 0 Å². The maximum atomic E-state index is 12.3. The van der Waals surface area contributed by atoms with E-state index in [0.29, 0.717) is 23.7 Å². The summed E-state index contributed by atoms with van der Waals surface area (Å²) < 4.78 is 16.3. The second-order valence-electron chi connectivity index (χ2n) is 6.90. The average Bonchev–Trinajstić information content (AvgIpc) is 2.59. The van der Waals surface area contributed by atoms with Gasteiger partial charge in [0.05, 0.1) is 18.5 Å². The first-order valence-electron chi connectivity index (χ1n) is 8.31. The smallest absolute Gasteiger partial charge is 0.414 e. The van der Waals surface area contributed by atoms with E-state index in [2.05, 4.69) is 0 Å². The van der Waals surface area contributed by atoms with E-state index in [-0.39, 0.29) is 0 Å². The van der Waals surface area contributed by atoms with Crippen molar-refractivity contribution >= 4 is 17.5 Å².